The Morgan fingerprint density at radius 1 is 0.917 bits per heavy atom. The van der Waals surface area contributed by atoms with Gasteiger partial charge in [-0.15, -0.1) is 0 Å². The quantitative estimate of drug-likeness (QED) is 0.289. The molecule has 3 aromatic carbocycles. The fraction of sp³-hybridized carbons (Fsp3) is 0.143. The van der Waals surface area contributed by atoms with Gasteiger partial charge in [0.1, 0.15) is 11.3 Å². The third-order valence-electron chi connectivity index (χ3n) is 6.07. The molecule has 2 heterocycles. The lowest BCUT2D eigenvalue weighted by molar-refractivity contribution is -0.116. The van der Waals surface area contributed by atoms with Crippen LogP contribution in [0.2, 0.25) is 0 Å². The Morgan fingerprint density at radius 3 is 2.25 bits per heavy atom. The summed E-state index contributed by atoms with van der Waals surface area (Å²) in [5.74, 6) is -0.910. The van der Waals surface area contributed by atoms with Crippen LogP contribution in [-0.4, -0.2) is 42.1 Å². The molecule has 0 spiro atoms. The number of methoxy groups -OCH3 is 1. The van der Waals surface area contributed by atoms with Gasteiger partial charge in [0.05, 0.1) is 23.9 Å². The van der Waals surface area contributed by atoms with Crippen LogP contribution < -0.4 is 10.1 Å². The second kappa shape index (κ2) is 9.50. The number of imide groups is 1. The summed E-state index contributed by atoms with van der Waals surface area (Å²) in [4.78, 5) is 52.3. The second-order valence-corrected chi connectivity index (χ2v) is 8.32. The first kappa shape index (κ1) is 23.0. The van der Waals surface area contributed by atoms with Crippen molar-refractivity contribution in [3.63, 3.8) is 0 Å². The molecule has 0 aliphatic carbocycles. The van der Waals surface area contributed by atoms with E-state index >= 15 is 0 Å². The van der Waals surface area contributed by atoms with Crippen molar-refractivity contribution < 1.29 is 28.3 Å². The zero-order chi connectivity index (χ0) is 25.2. The third kappa shape index (κ3) is 4.13. The fourth-order valence-electron chi connectivity index (χ4n) is 4.25. The maximum atomic E-state index is 13.2. The lowest BCUT2D eigenvalue weighted by Crippen LogP contribution is -2.31. The largest absolute Gasteiger partial charge is 0.497 e. The van der Waals surface area contributed by atoms with Crippen LogP contribution >= 0.6 is 0 Å². The molecule has 8 heteroatoms. The highest BCUT2D eigenvalue weighted by Crippen LogP contribution is 2.35. The van der Waals surface area contributed by atoms with Gasteiger partial charge >= 0.3 is 0 Å². The van der Waals surface area contributed by atoms with Gasteiger partial charge in [0.15, 0.2) is 5.76 Å². The Bertz CT molecular complexity index is 1470. The van der Waals surface area contributed by atoms with Gasteiger partial charge in [-0.2, -0.15) is 0 Å². The Hall–Kier alpha value is -4.72. The molecule has 5 rings (SSSR count). The number of ketones is 1. The van der Waals surface area contributed by atoms with Crippen molar-refractivity contribution in [2.45, 2.75) is 12.8 Å². The number of nitrogens with zero attached hydrogens (tertiary/aromatic N) is 1. The van der Waals surface area contributed by atoms with Crippen molar-refractivity contribution in [3.8, 4) is 5.75 Å². The summed E-state index contributed by atoms with van der Waals surface area (Å²) < 4.78 is 11.1. The number of nitrogens with one attached hydrogen (secondary N) is 1. The Balaban J connectivity index is 1.34. The van der Waals surface area contributed by atoms with Gasteiger partial charge in [0, 0.05) is 23.9 Å². The molecule has 0 atom stereocenters. The summed E-state index contributed by atoms with van der Waals surface area (Å²) in [6, 6.07) is 20.4. The molecular weight excluding hydrogens is 460 g/mol. The molecule has 0 saturated carbocycles. The van der Waals surface area contributed by atoms with Crippen molar-refractivity contribution in [3.05, 3.63) is 95.2 Å². The molecule has 0 saturated heterocycles. The predicted octanol–water partition coefficient (Wildman–Crippen LogP) is 4.69. The first-order valence-corrected chi connectivity index (χ1v) is 11.4. The molecule has 0 radical (unpaired) electrons. The van der Waals surface area contributed by atoms with Crippen molar-refractivity contribution in [1.82, 2.24) is 4.90 Å². The van der Waals surface area contributed by atoms with E-state index in [1.807, 2.05) is 0 Å². The molecule has 1 N–H and O–H groups in total. The van der Waals surface area contributed by atoms with E-state index in [2.05, 4.69) is 5.32 Å². The van der Waals surface area contributed by atoms with E-state index in [4.69, 9.17) is 9.15 Å². The van der Waals surface area contributed by atoms with E-state index in [1.54, 1.807) is 72.8 Å². The van der Waals surface area contributed by atoms with Gasteiger partial charge in [-0.3, -0.25) is 24.1 Å². The van der Waals surface area contributed by atoms with Crippen LogP contribution in [0, 0.1) is 0 Å². The standard InChI is InChI=1S/C28H22N2O6/c1-35-18-13-14-22-21(16-18)24(26(36-22)25(32)17-8-3-2-4-9-17)29-23(31)12-7-15-30-27(33)19-10-5-6-11-20(19)28(30)34/h2-6,8-11,13-14,16H,7,12,15H2,1H3,(H,29,31). The Kier molecular flexibility index (Phi) is 6.08. The van der Waals surface area contributed by atoms with Gasteiger partial charge in [-0.25, -0.2) is 0 Å². The van der Waals surface area contributed by atoms with E-state index < -0.39 is 0 Å². The number of ether oxygens (including phenoxy) is 1. The van der Waals surface area contributed by atoms with E-state index in [0.29, 0.717) is 33.4 Å². The van der Waals surface area contributed by atoms with Crippen LogP contribution in [-0.2, 0) is 4.79 Å². The number of fused-ring (bicyclic) bond motifs is 2. The zero-order valence-corrected chi connectivity index (χ0v) is 19.4. The average Bonchev–Trinajstić information content (AvgIpc) is 3.38. The number of hydrogen-bond donors (Lipinski definition) is 1. The van der Waals surface area contributed by atoms with Crippen LogP contribution in [0.4, 0.5) is 5.69 Å². The third-order valence-corrected chi connectivity index (χ3v) is 6.07. The molecule has 8 nitrogen and oxygen atoms in total. The van der Waals surface area contributed by atoms with E-state index in [9.17, 15) is 19.2 Å². The van der Waals surface area contributed by atoms with Gasteiger partial charge in [-0.05, 0) is 36.8 Å². The normalized spacial score (nSPS) is 12.6. The van der Waals surface area contributed by atoms with Gasteiger partial charge in [-0.1, -0.05) is 42.5 Å². The minimum atomic E-state index is -0.376. The molecule has 4 aromatic rings. The van der Waals surface area contributed by atoms with Crippen LogP contribution in [0.1, 0.15) is 49.7 Å². The summed E-state index contributed by atoms with van der Waals surface area (Å²) in [5, 5.41) is 3.33. The van der Waals surface area contributed by atoms with E-state index in [0.717, 1.165) is 4.90 Å². The summed E-state index contributed by atoms with van der Waals surface area (Å²) >= 11 is 0. The van der Waals surface area contributed by atoms with E-state index in [1.165, 1.54) is 7.11 Å². The highest BCUT2D eigenvalue weighted by molar-refractivity contribution is 6.21. The molecule has 36 heavy (non-hydrogen) atoms. The molecule has 1 aromatic heterocycles. The SMILES string of the molecule is COc1ccc2oc(C(=O)c3ccccc3)c(NC(=O)CCCN3C(=O)c4ccccc4C3=O)c2c1. The maximum Gasteiger partial charge on any atom is 0.261 e. The number of carbonyl (C=O) groups is 4. The first-order chi connectivity index (χ1) is 17.5. The molecule has 0 unspecified atom stereocenters. The average molecular weight is 482 g/mol. The highest BCUT2D eigenvalue weighted by Gasteiger charge is 2.34. The number of furan rings is 1. The predicted molar refractivity (Wildman–Crippen MR) is 132 cm³/mol. The number of benzene rings is 3. The van der Waals surface area contributed by atoms with Crippen molar-refractivity contribution in [2.24, 2.45) is 0 Å². The molecular formula is C28H22N2O6. The minimum Gasteiger partial charge on any atom is -0.497 e. The number of amides is 3. The molecule has 0 bridgehead atoms. The lowest BCUT2D eigenvalue weighted by atomic mass is 10.1. The first-order valence-electron chi connectivity index (χ1n) is 11.4. The fourth-order valence-corrected chi connectivity index (χ4v) is 4.25. The second-order valence-electron chi connectivity index (χ2n) is 8.32. The van der Waals surface area contributed by atoms with Crippen LogP contribution in [0.25, 0.3) is 11.0 Å². The molecule has 180 valence electrons. The number of carbonyl (C=O) groups excluding carboxylic acids is 4. The molecule has 1 aliphatic heterocycles. The summed E-state index contributed by atoms with van der Waals surface area (Å²) in [6.45, 7) is 0.107. The van der Waals surface area contributed by atoms with Crippen LogP contribution in [0.3, 0.4) is 0 Å². The maximum absolute atomic E-state index is 13.2. The summed E-state index contributed by atoms with van der Waals surface area (Å²) in [5.41, 5.74) is 1.84. The monoisotopic (exact) mass is 482 g/mol. The Labute approximate surface area is 206 Å². The van der Waals surface area contributed by atoms with Gasteiger partial charge in [0.25, 0.3) is 11.8 Å². The zero-order valence-electron chi connectivity index (χ0n) is 19.4. The number of anilines is 1. The number of rotatable bonds is 8. The molecule has 0 fully saturated rings. The van der Waals surface area contributed by atoms with Gasteiger partial charge in [0.2, 0.25) is 11.7 Å². The van der Waals surface area contributed by atoms with Crippen molar-refractivity contribution >= 4 is 40.2 Å². The Morgan fingerprint density at radius 2 is 1.58 bits per heavy atom. The van der Waals surface area contributed by atoms with Crippen molar-refractivity contribution in [2.75, 3.05) is 19.0 Å². The lowest BCUT2D eigenvalue weighted by Gasteiger charge is -2.13. The molecule has 3 amide bonds. The summed E-state index contributed by atoms with van der Waals surface area (Å²) in [6.07, 6.45) is 0.293. The number of hydrogen-bond acceptors (Lipinski definition) is 6. The topological polar surface area (TPSA) is 106 Å². The van der Waals surface area contributed by atoms with Crippen LogP contribution in [0.15, 0.2) is 77.2 Å². The molecule has 1 aliphatic rings. The minimum absolute atomic E-state index is 0.0122. The van der Waals surface area contributed by atoms with Crippen molar-refractivity contribution in [1.29, 1.82) is 0 Å². The van der Waals surface area contributed by atoms with Crippen LogP contribution in [0.5, 0.6) is 5.75 Å². The van der Waals surface area contributed by atoms with E-state index in [-0.39, 0.29) is 54.3 Å². The summed E-state index contributed by atoms with van der Waals surface area (Å²) in [7, 11) is 1.52. The van der Waals surface area contributed by atoms with Gasteiger partial charge < -0.3 is 14.5 Å². The smallest absolute Gasteiger partial charge is 0.261 e. The highest BCUT2D eigenvalue weighted by atomic mass is 16.5.